The zero-order chi connectivity index (χ0) is 17.1. The van der Waals surface area contributed by atoms with Crippen LogP contribution in [0.2, 0.25) is 0 Å². The Morgan fingerprint density at radius 3 is 2.62 bits per heavy atom. The van der Waals surface area contributed by atoms with Gasteiger partial charge in [-0.1, -0.05) is 0 Å². The molecular formula is C17H23N5O2. The molecule has 128 valence electrons. The number of likely N-dealkylation sites (N-methyl/N-ethyl adjacent to an activating group) is 1. The van der Waals surface area contributed by atoms with Crippen molar-refractivity contribution in [1.29, 1.82) is 5.26 Å². The van der Waals surface area contributed by atoms with E-state index >= 15 is 0 Å². The third-order valence-electron chi connectivity index (χ3n) is 5.08. The summed E-state index contributed by atoms with van der Waals surface area (Å²) >= 11 is 0. The maximum Gasteiger partial charge on any atom is 0.270 e. The molecular weight excluding hydrogens is 306 g/mol. The number of hydrogen-bond donors (Lipinski definition) is 0. The fraction of sp³-hybridized carbons (Fsp3) is 0.588. The molecule has 2 heterocycles. The van der Waals surface area contributed by atoms with Crippen LogP contribution in [0, 0.1) is 21.4 Å². The molecule has 7 nitrogen and oxygen atoms in total. The number of nitrogens with zero attached hydrogens (tertiary/aromatic N) is 5. The van der Waals surface area contributed by atoms with Crippen molar-refractivity contribution in [2.45, 2.75) is 18.9 Å². The normalized spacial score (nSPS) is 23.0. The van der Waals surface area contributed by atoms with Crippen molar-refractivity contribution in [3.63, 3.8) is 0 Å². The van der Waals surface area contributed by atoms with E-state index in [1.54, 1.807) is 6.07 Å². The number of non-ortho nitro benzene ring substituents is 1. The van der Waals surface area contributed by atoms with E-state index in [4.69, 9.17) is 0 Å². The second kappa shape index (κ2) is 7.16. The third kappa shape index (κ3) is 3.50. The first-order chi connectivity index (χ1) is 11.6. The van der Waals surface area contributed by atoms with Gasteiger partial charge in [0, 0.05) is 50.9 Å². The van der Waals surface area contributed by atoms with Crippen molar-refractivity contribution in [3.8, 4) is 6.07 Å². The lowest BCUT2D eigenvalue weighted by Crippen LogP contribution is -2.54. The Morgan fingerprint density at radius 1 is 1.25 bits per heavy atom. The summed E-state index contributed by atoms with van der Waals surface area (Å²) in [6, 6.07) is 7.29. The van der Waals surface area contributed by atoms with Gasteiger partial charge in [-0.05, 0) is 32.5 Å². The van der Waals surface area contributed by atoms with Crippen molar-refractivity contribution in [1.82, 2.24) is 9.80 Å². The number of likely N-dealkylation sites (tertiary alicyclic amines) is 1. The molecule has 0 N–H and O–H groups in total. The molecule has 0 radical (unpaired) electrons. The first kappa shape index (κ1) is 16.7. The van der Waals surface area contributed by atoms with Gasteiger partial charge in [0.1, 0.15) is 6.07 Å². The molecule has 1 aromatic rings. The zero-order valence-electron chi connectivity index (χ0n) is 14.0. The predicted octanol–water partition coefficient (Wildman–Crippen LogP) is 1.68. The Labute approximate surface area is 142 Å². The average molecular weight is 329 g/mol. The Balaban J connectivity index is 1.66. The predicted molar refractivity (Wildman–Crippen MR) is 92.1 cm³/mol. The summed E-state index contributed by atoms with van der Waals surface area (Å²) in [5, 5.41) is 20.2. The summed E-state index contributed by atoms with van der Waals surface area (Å²) < 4.78 is 0. The third-order valence-corrected chi connectivity index (χ3v) is 5.08. The van der Waals surface area contributed by atoms with Crippen molar-refractivity contribution in [3.05, 3.63) is 33.9 Å². The van der Waals surface area contributed by atoms with Crippen LogP contribution in [0.1, 0.15) is 18.4 Å². The van der Waals surface area contributed by atoms with Gasteiger partial charge >= 0.3 is 0 Å². The molecule has 1 unspecified atom stereocenters. The van der Waals surface area contributed by atoms with Gasteiger partial charge in [0.25, 0.3) is 5.69 Å². The largest absolute Gasteiger partial charge is 0.368 e. The van der Waals surface area contributed by atoms with Crippen LogP contribution in [0.15, 0.2) is 18.2 Å². The van der Waals surface area contributed by atoms with Crippen LogP contribution < -0.4 is 4.90 Å². The first-order valence-corrected chi connectivity index (χ1v) is 8.44. The van der Waals surface area contributed by atoms with E-state index in [2.05, 4.69) is 27.8 Å². The van der Waals surface area contributed by atoms with Gasteiger partial charge < -0.3 is 9.80 Å². The minimum Gasteiger partial charge on any atom is -0.368 e. The maximum atomic E-state index is 10.9. The summed E-state index contributed by atoms with van der Waals surface area (Å²) in [4.78, 5) is 17.5. The van der Waals surface area contributed by atoms with E-state index in [0.29, 0.717) is 11.6 Å². The number of nitriles is 1. The quantitative estimate of drug-likeness (QED) is 0.620. The lowest BCUT2D eigenvalue weighted by Gasteiger charge is -2.43. The van der Waals surface area contributed by atoms with Gasteiger partial charge in [0.2, 0.25) is 0 Å². The van der Waals surface area contributed by atoms with Gasteiger partial charge in [-0.25, -0.2) is 0 Å². The smallest absolute Gasteiger partial charge is 0.270 e. The number of piperidine rings is 1. The van der Waals surface area contributed by atoms with E-state index in [0.717, 1.165) is 38.4 Å². The van der Waals surface area contributed by atoms with Crippen LogP contribution in [-0.2, 0) is 0 Å². The summed E-state index contributed by atoms with van der Waals surface area (Å²) in [6.07, 6.45) is 2.51. The van der Waals surface area contributed by atoms with Crippen LogP contribution in [0.3, 0.4) is 0 Å². The highest BCUT2D eigenvalue weighted by molar-refractivity contribution is 5.63. The molecule has 0 spiro atoms. The monoisotopic (exact) mass is 329 g/mol. The van der Waals surface area contributed by atoms with Gasteiger partial charge in [0.05, 0.1) is 16.2 Å². The second-order valence-corrected chi connectivity index (χ2v) is 6.65. The van der Waals surface area contributed by atoms with Crippen molar-refractivity contribution < 1.29 is 4.92 Å². The average Bonchev–Trinajstić information content (AvgIpc) is 2.61. The summed E-state index contributed by atoms with van der Waals surface area (Å²) in [7, 11) is 2.18. The van der Waals surface area contributed by atoms with Crippen LogP contribution in [-0.4, -0.2) is 67.1 Å². The van der Waals surface area contributed by atoms with Gasteiger partial charge in [-0.15, -0.1) is 0 Å². The van der Waals surface area contributed by atoms with Crippen molar-refractivity contribution in [2.75, 3.05) is 51.2 Å². The van der Waals surface area contributed by atoms with Crippen LogP contribution in [0.5, 0.6) is 0 Å². The van der Waals surface area contributed by atoms with Gasteiger partial charge in [-0.2, -0.15) is 5.26 Å². The topological polar surface area (TPSA) is 76.7 Å². The fourth-order valence-corrected chi connectivity index (χ4v) is 3.77. The molecule has 3 rings (SSSR count). The van der Waals surface area contributed by atoms with Crippen LogP contribution in [0.4, 0.5) is 11.4 Å². The molecule has 1 atom stereocenters. The van der Waals surface area contributed by atoms with Gasteiger partial charge in [0.15, 0.2) is 0 Å². The van der Waals surface area contributed by atoms with E-state index in [-0.39, 0.29) is 5.69 Å². The Bertz CT molecular complexity index is 649. The number of nitro groups is 1. The highest BCUT2D eigenvalue weighted by Gasteiger charge is 2.27. The summed E-state index contributed by atoms with van der Waals surface area (Å²) in [5.41, 5.74) is 1.16. The molecule has 2 saturated heterocycles. The molecule has 0 amide bonds. The number of hydrogen-bond acceptors (Lipinski definition) is 6. The lowest BCUT2D eigenvalue weighted by molar-refractivity contribution is -0.384. The minimum absolute atomic E-state index is 0.0285. The maximum absolute atomic E-state index is 10.9. The molecule has 0 bridgehead atoms. The van der Waals surface area contributed by atoms with Crippen LogP contribution >= 0.6 is 0 Å². The fourth-order valence-electron chi connectivity index (χ4n) is 3.77. The first-order valence-electron chi connectivity index (χ1n) is 8.44. The molecule has 0 aliphatic carbocycles. The number of anilines is 1. The Kier molecular flexibility index (Phi) is 4.97. The molecule has 2 aliphatic heterocycles. The number of rotatable bonds is 3. The molecule has 24 heavy (non-hydrogen) atoms. The summed E-state index contributed by atoms with van der Waals surface area (Å²) in [6.45, 7) is 5.96. The lowest BCUT2D eigenvalue weighted by atomic mass is 10.0. The molecule has 0 aromatic heterocycles. The molecule has 0 saturated carbocycles. The van der Waals surface area contributed by atoms with E-state index in [1.165, 1.54) is 31.5 Å². The number of benzene rings is 1. The SMILES string of the molecule is CN1CCCC(N2CCN(c3ccc([N+](=O)[O-])cc3C#N)CC2)C1. The van der Waals surface area contributed by atoms with E-state index in [9.17, 15) is 15.4 Å². The van der Waals surface area contributed by atoms with Gasteiger partial charge in [-0.3, -0.25) is 15.0 Å². The Hall–Kier alpha value is -2.17. The minimum atomic E-state index is -0.456. The molecule has 2 fully saturated rings. The van der Waals surface area contributed by atoms with Crippen LogP contribution in [0.25, 0.3) is 0 Å². The van der Waals surface area contributed by atoms with E-state index in [1.807, 2.05) is 0 Å². The van der Waals surface area contributed by atoms with Crippen molar-refractivity contribution >= 4 is 11.4 Å². The second-order valence-electron chi connectivity index (χ2n) is 6.65. The number of piperazine rings is 1. The molecule has 2 aliphatic rings. The number of nitro benzene ring substituents is 1. The van der Waals surface area contributed by atoms with Crippen molar-refractivity contribution in [2.24, 2.45) is 0 Å². The summed E-state index contributed by atoms with van der Waals surface area (Å²) in [5.74, 6) is 0. The Morgan fingerprint density at radius 2 is 2.00 bits per heavy atom. The molecule has 7 heteroatoms. The highest BCUT2D eigenvalue weighted by Crippen LogP contribution is 2.26. The zero-order valence-corrected chi connectivity index (χ0v) is 14.0. The molecule has 1 aromatic carbocycles. The standard InChI is InChI=1S/C17H23N5O2/c1-19-6-2-3-16(13-19)20-7-9-21(10-8-20)17-5-4-15(22(23)24)11-14(17)12-18/h4-5,11,16H,2-3,6-10,13H2,1H3. The van der Waals surface area contributed by atoms with E-state index < -0.39 is 4.92 Å². The highest BCUT2D eigenvalue weighted by atomic mass is 16.6.